The van der Waals surface area contributed by atoms with Gasteiger partial charge in [-0.15, -0.1) is 0 Å². The molecule has 2 rings (SSSR count). The molecule has 0 atom stereocenters. The highest BCUT2D eigenvalue weighted by Gasteiger charge is 2.14. The van der Waals surface area contributed by atoms with Gasteiger partial charge in [0.15, 0.2) is 5.75 Å². The van der Waals surface area contributed by atoms with Crippen LogP contribution in [0.3, 0.4) is 0 Å². The lowest BCUT2D eigenvalue weighted by Crippen LogP contribution is -2.04. The van der Waals surface area contributed by atoms with Crippen LogP contribution < -0.4 is 10.1 Å². The molecule has 2 aromatic rings. The van der Waals surface area contributed by atoms with E-state index in [1.165, 1.54) is 18.5 Å². The average Bonchev–Trinajstić information content (AvgIpc) is 2.41. The number of hydrogen-bond donors (Lipinski definition) is 1. The van der Waals surface area contributed by atoms with Crippen LogP contribution in [-0.2, 0) is 6.54 Å². The fourth-order valence-corrected chi connectivity index (χ4v) is 2.07. The van der Waals surface area contributed by atoms with Gasteiger partial charge in [-0.2, -0.15) is 8.78 Å². The van der Waals surface area contributed by atoms with Crippen molar-refractivity contribution in [2.75, 3.05) is 5.32 Å². The number of hydrogen-bond acceptors (Lipinski definition) is 4. The zero-order valence-electron chi connectivity index (χ0n) is 9.99. The lowest BCUT2D eigenvalue weighted by atomic mass is 10.2. The van der Waals surface area contributed by atoms with E-state index >= 15 is 0 Å². The molecular weight excluding hydrogens is 311 g/mol. The first-order valence-corrected chi connectivity index (χ1v) is 6.23. The number of nitrogens with zero attached hydrogens (tertiary/aromatic N) is 2. The molecule has 0 amide bonds. The second kappa shape index (κ2) is 6.67. The second-order valence-electron chi connectivity index (χ2n) is 3.75. The van der Waals surface area contributed by atoms with Crippen molar-refractivity contribution in [3.63, 3.8) is 0 Å². The summed E-state index contributed by atoms with van der Waals surface area (Å²) in [6.45, 7) is -2.53. The molecule has 1 aromatic heterocycles. The topological polar surface area (TPSA) is 47.0 Å². The summed E-state index contributed by atoms with van der Waals surface area (Å²) in [4.78, 5) is 7.74. The summed E-state index contributed by atoms with van der Waals surface area (Å²) in [5.41, 5.74) is 1.43. The van der Waals surface area contributed by atoms with Gasteiger partial charge in [0.05, 0.1) is 10.0 Å². The molecule has 0 spiro atoms. The van der Waals surface area contributed by atoms with E-state index in [-0.39, 0.29) is 15.8 Å². The minimum Gasteiger partial charge on any atom is -0.432 e. The monoisotopic (exact) mass is 319 g/mol. The fourth-order valence-electron chi connectivity index (χ4n) is 1.49. The summed E-state index contributed by atoms with van der Waals surface area (Å²) < 4.78 is 28.6. The molecule has 0 bridgehead atoms. The molecule has 0 radical (unpaired) electrons. The lowest BCUT2D eigenvalue weighted by Gasteiger charge is -2.12. The Balaban J connectivity index is 2.10. The number of alkyl halides is 2. The molecule has 106 valence electrons. The van der Waals surface area contributed by atoms with Gasteiger partial charge in [-0.25, -0.2) is 9.97 Å². The molecule has 0 aliphatic heterocycles. The molecule has 0 aliphatic carbocycles. The Morgan fingerprint density at radius 3 is 2.30 bits per heavy atom. The first kappa shape index (κ1) is 14.7. The maximum atomic E-state index is 12.2. The van der Waals surface area contributed by atoms with Crippen LogP contribution >= 0.6 is 23.2 Å². The maximum absolute atomic E-state index is 12.2. The van der Waals surface area contributed by atoms with Gasteiger partial charge in [-0.05, 0) is 12.1 Å². The quantitative estimate of drug-likeness (QED) is 0.905. The van der Waals surface area contributed by atoms with Crippen LogP contribution in [-0.4, -0.2) is 16.6 Å². The third-order valence-corrected chi connectivity index (χ3v) is 2.88. The van der Waals surface area contributed by atoms with Gasteiger partial charge in [-0.3, -0.25) is 0 Å². The predicted molar refractivity (Wildman–Crippen MR) is 72.5 cm³/mol. The largest absolute Gasteiger partial charge is 0.432 e. The van der Waals surface area contributed by atoms with Crippen LogP contribution in [0.4, 0.5) is 14.5 Å². The standard InChI is InChI=1S/C12H9Cl2F2N3O/c13-9-1-8(2-10(14)11(9)20-12(15)16)19-5-7-3-17-6-18-4-7/h1-4,6,12,19H,5H2. The van der Waals surface area contributed by atoms with E-state index in [1.807, 2.05) is 0 Å². The Bertz CT molecular complexity index is 561. The van der Waals surface area contributed by atoms with E-state index < -0.39 is 6.61 Å². The SMILES string of the molecule is FC(F)Oc1c(Cl)cc(NCc2cncnc2)cc1Cl. The van der Waals surface area contributed by atoms with Gasteiger partial charge < -0.3 is 10.1 Å². The van der Waals surface area contributed by atoms with Gasteiger partial charge >= 0.3 is 6.61 Å². The molecule has 0 saturated carbocycles. The molecule has 1 N–H and O–H groups in total. The van der Waals surface area contributed by atoms with E-state index in [0.717, 1.165) is 5.56 Å². The normalized spacial score (nSPS) is 10.7. The molecule has 20 heavy (non-hydrogen) atoms. The van der Waals surface area contributed by atoms with E-state index in [1.54, 1.807) is 12.4 Å². The zero-order chi connectivity index (χ0) is 14.5. The third kappa shape index (κ3) is 3.91. The first-order valence-electron chi connectivity index (χ1n) is 5.48. The Labute approximate surface area is 123 Å². The van der Waals surface area contributed by atoms with E-state index in [0.29, 0.717) is 12.2 Å². The summed E-state index contributed by atoms with van der Waals surface area (Å²) >= 11 is 11.7. The molecule has 0 unspecified atom stereocenters. The molecule has 1 heterocycles. The second-order valence-corrected chi connectivity index (χ2v) is 4.56. The third-order valence-electron chi connectivity index (χ3n) is 2.32. The van der Waals surface area contributed by atoms with Crippen molar-refractivity contribution in [1.29, 1.82) is 0 Å². The van der Waals surface area contributed by atoms with Crippen LogP contribution in [0, 0.1) is 0 Å². The van der Waals surface area contributed by atoms with E-state index in [2.05, 4.69) is 20.0 Å². The number of aromatic nitrogens is 2. The smallest absolute Gasteiger partial charge is 0.387 e. The van der Waals surface area contributed by atoms with Gasteiger partial charge in [0, 0.05) is 30.2 Å². The number of anilines is 1. The summed E-state index contributed by atoms with van der Waals surface area (Å²) in [6.07, 6.45) is 4.72. The van der Waals surface area contributed by atoms with Crippen molar-refractivity contribution in [3.05, 3.63) is 46.5 Å². The van der Waals surface area contributed by atoms with Crippen LogP contribution in [0.15, 0.2) is 30.9 Å². The molecule has 0 fully saturated rings. The van der Waals surface area contributed by atoms with E-state index in [4.69, 9.17) is 23.2 Å². The number of halogens is 4. The van der Waals surface area contributed by atoms with E-state index in [9.17, 15) is 8.78 Å². The minimum atomic E-state index is -2.98. The highest BCUT2D eigenvalue weighted by Crippen LogP contribution is 2.37. The van der Waals surface area contributed by atoms with Crippen LogP contribution in [0.5, 0.6) is 5.75 Å². The lowest BCUT2D eigenvalue weighted by molar-refractivity contribution is -0.0497. The highest BCUT2D eigenvalue weighted by molar-refractivity contribution is 6.37. The summed E-state index contributed by atoms with van der Waals surface area (Å²) in [5.74, 6) is -0.239. The van der Waals surface area contributed by atoms with Crippen molar-refractivity contribution in [2.24, 2.45) is 0 Å². The molecule has 0 saturated heterocycles. The number of nitrogens with one attached hydrogen (secondary N) is 1. The van der Waals surface area contributed by atoms with Crippen molar-refractivity contribution < 1.29 is 13.5 Å². The summed E-state index contributed by atoms with van der Waals surface area (Å²) in [7, 11) is 0. The van der Waals surface area contributed by atoms with Crippen molar-refractivity contribution in [1.82, 2.24) is 9.97 Å². The van der Waals surface area contributed by atoms with Gasteiger partial charge in [0.25, 0.3) is 0 Å². The minimum absolute atomic E-state index is 0.00427. The Hall–Kier alpha value is -1.66. The predicted octanol–water partition coefficient (Wildman–Crippen LogP) is 4.00. The summed E-state index contributed by atoms with van der Waals surface area (Å²) in [6, 6.07) is 2.91. The molecule has 1 aromatic carbocycles. The molecule has 0 aliphatic rings. The maximum Gasteiger partial charge on any atom is 0.387 e. The summed E-state index contributed by atoms with van der Waals surface area (Å²) in [5, 5.41) is 3.04. The van der Waals surface area contributed by atoms with Crippen LogP contribution in [0.25, 0.3) is 0 Å². The zero-order valence-corrected chi connectivity index (χ0v) is 11.5. The van der Waals surface area contributed by atoms with Gasteiger partial charge in [0.2, 0.25) is 0 Å². The van der Waals surface area contributed by atoms with Crippen molar-refractivity contribution in [3.8, 4) is 5.75 Å². The number of rotatable bonds is 5. The fraction of sp³-hybridized carbons (Fsp3) is 0.167. The van der Waals surface area contributed by atoms with Gasteiger partial charge in [0.1, 0.15) is 6.33 Å². The Morgan fingerprint density at radius 1 is 1.15 bits per heavy atom. The molecule has 4 nitrogen and oxygen atoms in total. The first-order chi connectivity index (χ1) is 9.56. The Morgan fingerprint density at radius 2 is 1.75 bits per heavy atom. The number of benzene rings is 1. The average molecular weight is 320 g/mol. The van der Waals surface area contributed by atoms with Gasteiger partial charge in [-0.1, -0.05) is 23.2 Å². The van der Waals surface area contributed by atoms with Crippen molar-refractivity contribution >= 4 is 28.9 Å². The van der Waals surface area contributed by atoms with Crippen LogP contribution in [0.1, 0.15) is 5.56 Å². The number of ether oxygens (including phenoxy) is 1. The molecular formula is C12H9Cl2F2N3O. The molecule has 8 heteroatoms. The van der Waals surface area contributed by atoms with Crippen LogP contribution in [0.2, 0.25) is 10.0 Å². The Kier molecular flexibility index (Phi) is 4.92. The van der Waals surface area contributed by atoms with Crippen molar-refractivity contribution in [2.45, 2.75) is 13.2 Å². The highest BCUT2D eigenvalue weighted by atomic mass is 35.5.